The van der Waals surface area contributed by atoms with Crippen LogP contribution in [0.5, 0.6) is 0 Å². The molecule has 0 radical (unpaired) electrons. The maximum Gasteiger partial charge on any atom is 0.0897 e. The third-order valence-electron chi connectivity index (χ3n) is 3.03. The molecule has 0 spiro atoms. The highest BCUT2D eigenvalue weighted by Gasteiger charge is 2.05. The Bertz CT molecular complexity index is 371. The van der Waals surface area contributed by atoms with E-state index < -0.39 is 6.10 Å². The Balaban J connectivity index is 2.05. The van der Waals surface area contributed by atoms with Crippen molar-refractivity contribution in [3.8, 4) is 0 Å². The fraction of sp³-hybridized carbons (Fsp3) is 0.625. The third-order valence-corrected chi connectivity index (χ3v) is 3.81. The van der Waals surface area contributed by atoms with Gasteiger partial charge in [0, 0.05) is 24.2 Å². The monoisotopic (exact) mass is 343 g/mol. The zero-order valence-corrected chi connectivity index (χ0v) is 14.0. The maximum atomic E-state index is 9.81. The summed E-state index contributed by atoms with van der Waals surface area (Å²) in [6, 6.07) is 8.08. The van der Waals surface area contributed by atoms with Crippen LogP contribution >= 0.6 is 15.9 Å². The molecule has 0 saturated heterocycles. The zero-order chi connectivity index (χ0) is 14.8. The summed E-state index contributed by atoms with van der Waals surface area (Å²) >= 11 is 3.51. The largest absolute Gasteiger partial charge is 0.389 e. The van der Waals surface area contributed by atoms with Crippen LogP contribution in [0.25, 0.3) is 0 Å². The summed E-state index contributed by atoms with van der Waals surface area (Å²) in [6.07, 6.45) is 1.79. The van der Waals surface area contributed by atoms with Gasteiger partial charge in [0.15, 0.2) is 0 Å². The average Bonchev–Trinajstić information content (AvgIpc) is 2.40. The Morgan fingerprint density at radius 2 is 2.05 bits per heavy atom. The molecule has 114 valence electrons. The standard InChI is InChI=1S/C16H26BrNO2/c1-13(2)6-5-9-20-12-15(19)11-18-10-14-7-3-4-8-16(14)17/h3-4,7-8,13,15,18-19H,5-6,9-12H2,1-2H3. The molecule has 0 amide bonds. The summed E-state index contributed by atoms with van der Waals surface area (Å²) in [5, 5.41) is 13.0. The minimum Gasteiger partial charge on any atom is -0.389 e. The summed E-state index contributed by atoms with van der Waals surface area (Å²) < 4.78 is 6.56. The van der Waals surface area contributed by atoms with Gasteiger partial charge in [0.25, 0.3) is 0 Å². The number of aliphatic hydroxyl groups is 1. The molecule has 1 rings (SSSR count). The van der Waals surface area contributed by atoms with Crippen molar-refractivity contribution in [3.63, 3.8) is 0 Å². The lowest BCUT2D eigenvalue weighted by Gasteiger charge is -2.13. The zero-order valence-electron chi connectivity index (χ0n) is 12.4. The van der Waals surface area contributed by atoms with Crippen molar-refractivity contribution in [1.82, 2.24) is 5.32 Å². The minimum absolute atomic E-state index is 0.404. The second-order valence-corrected chi connectivity index (χ2v) is 6.34. The summed E-state index contributed by atoms with van der Waals surface area (Å²) in [5.41, 5.74) is 1.19. The fourth-order valence-electron chi connectivity index (χ4n) is 1.89. The molecule has 0 fully saturated rings. The van der Waals surface area contributed by atoms with Crippen LogP contribution in [-0.4, -0.2) is 31.0 Å². The number of aliphatic hydroxyl groups excluding tert-OH is 1. The predicted molar refractivity (Wildman–Crippen MR) is 86.7 cm³/mol. The van der Waals surface area contributed by atoms with E-state index >= 15 is 0 Å². The van der Waals surface area contributed by atoms with E-state index in [0.29, 0.717) is 13.2 Å². The maximum absolute atomic E-state index is 9.81. The van der Waals surface area contributed by atoms with Gasteiger partial charge in [0.1, 0.15) is 0 Å². The molecule has 1 atom stereocenters. The van der Waals surface area contributed by atoms with Crippen molar-refractivity contribution in [2.45, 2.75) is 39.3 Å². The molecule has 0 aromatic heterocycles. The average molecular weight is 344 g/mol. The first-order valence-electron chi connectivity index (χ1n) is 7.29. The van der Waals surface area contributed by atoms with Crippen molar-refractivity contribution in [1.29, 1.82) is 0 Å². The first-order chi connectivity index (χ1) is 9.59. The van der Waals surface area contributed by atoms with Gasteiger partial charge in [-0.1, -0.05) is 48.0 Å². The number of benzene rings is 1. The van der Waals surface area contributed by atoms with E-state index in [9.17, 15) is 5.11 Å². The topological polar surface area (TPSA) is 41.5 Å². The SMILES string of the molecule is CC(C)CCCOCC(O)CNCc1ccccc1Br. The number of hydrogen-bond acceptors (Lipinski definition) is 3. The highest BCUT2D eigenvalue weighted by atomic mass is 79.9. The molecular weight excluding hydrogens is 318 g/mol. The van der Waals surface area contributed by atoms with Gasteiger partial charge in [0.05, 0.1) is 12.7 Å². The van der Waals surface area contributed by atoms with E-state index in [2.05, 4.69) is 41.2 Å². The van der Waals surface area contributed by atoms with E-state index in [0.717, 1.165) is 30.0 Å². The van der Waals surface area contributed by atoms with Gasteiger partial charge in [-0.25, -0.2) is 0 Å². The van der Waals surface area contributed by atoms with Crippen LogP contribution in [0.4, 0.5) is 0 Å². The van der Waals surface area contributed by atoms with Gasteiger partial charge in [-0.05, 0) is 30.4 Å². The molecule has 0 heterocycles. The molecule has 0 bridgehead atoms. The normalized spacial score (nSPS) is 12.8. The number of rotatable bonds is 10. The number of nitrogens with one attached hydrogen (secondary N) is 1. The number of ether oxygens (including phenoxy) is 1. The van der Waals surface area contributed by atoms with Crippen LogP contribution in [0.3, 0.4) is 0 Å². The second kappa shape index (κ2) is 10.3. The van der Waals surface area contributed by atoms with Gasteiger partial charge in [0.2, 0.25) is 0 Å². The van der Waals surface area contributed by atoms with E-state index in [-0.39, 0.29) is 0 Å². The number of hydrogen-bond donors (Lipinski definition) is 2. The van der Waals surface area contributed by atoms with E-state index in [1.165, 1.54) is 12.0 Å². The van der Waals surface area contributed by atoms with Gasteiger partial charge in [-0.3, -0.25) is 0 Å². The molecular formula is C16H26BrNO2. The molecule has 0 aliphatic heterocycles. The van der Waals surface area contributed by atoms with Crippen molar-refractivity contribution >= 4 is 15.9 Å². The number of halogens is 1. The third kappa shape index (κ3) is 8.00. The summed E-state index contributed by atoms with van der Waals surface area (Å²) in [7, 11) is 0. The fourth-order valence-corrected chi connectivity index (χ4v) is 2.31. The summed E-state index contributed by atoms with van der Waals surface area (Å²) in [6.45, 7) is 6.85. The highest BCUT2D eigenvalue weighted by Crippen LogP contribution is 2.15. The molecule has 3 nitrogen and oxygen atoms in total. The molecule has 0 saturated carbocycles. The summed E-state index contributed by atoms with van der Waals surface area (Å²) in [5.74, 6) is 0.717. The van der Waals surface area contributed by atoms with Crippen LogP contribution < -0.4 is 5.32 Å². The minimum atomic E-state index is -0.448. The molecule has 2 N–H and O–H groups in total. The van der Waals surface area contributed by atoms with Crippen molar-refractivity contribution < 1.29 is 9.84 Å². The molecule has 0 aliphatic carbocycles. The lowest BCUT2D eigenvalue weighted by molar-refractivity contribution is 0.0346. The second-order valence-electron chi connectivity index (χ2n) is 5.49. The molecule has 1 aromatic carbocycles. The Morgan fingerprint density at radius 1 is 1.30 bits per heavy atom. The Hall–Kier alpha value is -0.420. The van der Waals surface area contributed by atoms with Crippen LogP contribution in [-0.2, 0) is 11.3 Å². The smallest absolute Gasteiger partial charge is 0.0897 e. The van der Waals surface area contributed by atoms with Crippen molar-refractivity contribution in [2.75, 3.05) is 19.8 Å². The Kier molecular flexibility index (Phi) is 9.10. The van der Waals surface area contributed by atoms with E-state index in [1.807, 2.05) is 18.2 Å². The van der Waals surface area contributed by atoms with Crippen LogP contribution in [0, 0.1) is 5.92 Å². The highest BCUT2D eigenvalue weighted by molar-refractivity contribution is 9.10. The predicted octanol–water partition coefficient (Wildman–Crippen LogP) is 3.35. The molecule has 0 aliphatic rings. The quantitative estimate of drug-likeness (QED) is 0.640. The first kappa shape index (κ1) is 17.6. The molecule has 4 heteroatoms. The molecule has 1 aromatic rings. The van der Waals surface area contributed by atoms with Crippen molar-refractivity contribution in [2.24, 2.45) is 5.92 Å². The van der Waals surface area contributed by atoms with E-state index in [1.54, 1.807) is 0 Å². The van der Waals surface area contributed by atoms with E-state index in [4.69, 9.17) is 4.74 Å². The van der Waals surface area contributed by atoms with Gasteiger partial charge < -0.3 is 15.2 Å². The molecule has 20 heavy (non-hydrogen) atoms. The first-order valence-corrected chi connectivity index (χ1v) is 8.08. The van der Waals surface area contributed by atoms with Crippen LogP contribution in [0.15, 0.2) is 28.7 Å². The Labute approximate surface area is 130 Å². The van der Waals surface area contributed by atoms with Gasteiger partial charge in [-0.2, -0.15) is 0 Å². The lowest BCUT2D eigenvalue weighted by Crippen LogP contribution is -2.30. The van der Waals surface area contributed by atoms with Crippen LogP contribution in [0.1, 0.15) is 32.3 Å². The van der Waals surface area contributed by atoms with Crippen LogP contribution in [0.2, 0.25) is 0 Å². The molecule has 1 unspecified atom stereocenters. The van der Waals surface area contributed by atoms with Gasteiger partial charge >= 0.3 is 0 Å². The van der Waals surface area contributed by atoms with Gasteiger partial charge in [-0.15, -0.1) is 0 Å². The Morgan fingerprint density at radius 3 is 2.75 bits per heavy atom. The lowest BCUT2D eigenvalue weighted by atomic mass is 10.1. The summed E-state index contributed by atoms with van der Waals surface area (Å²) in [4.78, 5) is 0. The van der Waals surface area contributed by atoms with Crippen molar-refractivity contribution in [3.05, 3.63) is 34.3 Å².